The zero-order chi connectivity index (χ0) is 27.0. The number of hydrogen-bond donors (Lipinski definition) is 1. The number of halogens is 1. The molecule has 192 valence electrons. The first-order chi connectivity index (χ1) is 19.1. The molecule has 0 saturated heterocycles. The third-order valence-electron chi connectivity index (χ3n) is 5.94. The number of esters is 1. The van der Waals surface area contributed by atoms with Gasteiger partial charge in [-0.15, -0.1) is 0 Å². The summed E-state index contributed by atoms with van der Waals surface area (Å²) < 4.78 is 11.6. The van der Waals surface area contributed by atoms with E-state index in [1.807, 2.05) is 48.5 Å². The molecule has 0 spiro atoms. The van der Waals surface area contributed by atoms with Gasteiger partial charge in [-0.25, -0.2) is 10.2 Å². The van der Waals surface area contributed by atoms with Crippen molar-refractivity contribution in [2.45, 2.75) is 6.61 Å². The molecule has 0 aromatic heterocycles. The SMILES string of the molecule is O=C(Oc1ccc2ccccc2c1/C=N/NC(=O)c1ccccc1OCc1ccc(Cl)cc1)c1ccccc1. The third-order valence-corrected chi connectivity index (χ3v) is 6.19. The second kappa shape index (κ2) is 12.1. The van der Waals surface area contributed by atoms with E-state index in [2.05, 4.69) is 10.5 Å². The summed E-state index contributed by atoms with van der Waals surface area (Å²) in [4.78, 5) is 25.7. The molecule has 7 heteroatoms. The van der Waals surface area contributed by atoms with Gasteiger partial charge in [0.2, 0.25) is 0 Å². The van der Waals surface area contributed by atoms with Gasteiger partial charge >= 0.3 is 5.97 Å². The molecule has 0 heterocycles. The molecule has 1 amide bonds. The number of hydrazone groups is 1. The number of carbonyl (C=O) groups excluding carboxylic acids is 2. The summed E-state index contributed by atoms with van der Waals surface area (Å²) in [5, 5.41) is 6.59. The first-order valence-electron chi connectivity index (χ1n) is 12.2. The molecule has 1 N–H and O–H groups in total. The molecule has 5 rings (SSSR count). The average Bonchev–Trinajstić information content (AvgIpc) is 2.98. The molecule has 6 nitrogen and oxygen atoms in total. The molecule has 0 unspecified atom stereocenters. The molecule has 5 aromatic rings. The predicted octanol–water partition coefficient (Wildman–Crippen LogP) is 7.06. The van der Waals surface area contributed by atoms with Crippen LogP contribution >= 0.6 is 11.6 Å². The van der Waals surface area contributed by atoms with Crippen molar-refractivity contribution in [2.75, 3.05) is 0 Å². The predicted molar refractivity (Wildman–Crippen MR) is 153 cm³/mol. The highest BCUT2D eigenvalue weighted by molar-refractivity contribution is 6.30. The van der Waals surface area contributed by atoms with Crippen LogP contribution in [0.15, 0.2) is 120 Å². The third kappa shape index (κ3) is 6.32. The first kappa shape index (κ1) is 25.7. The quantitative estimate of drug-likeness (QED) is 0.100. The number of carbonyl (C=O) groups is 2. The molecule has 0 aliphatic heterocycles. The summed E-state index contributed by atoms with van der Waals surface area (Å²) in [6.45, 7) is 0.275. The van der Waals surface area contributed by atoms with Gasteiger partial charge in [-0.3, -0.25) is 4.79 Å². The van der Waals surface area contributed by atoms with Gasteiger partial charge in [0.1, 0.15) is 18.1 Å². The number of amides is 1. The summed E-state index contributed by atoms with van der Waals surface area (Å²) >= 11 is 5.95. The largest absolute Gasteiger partial charge is 0.488 e. The zero-order valence-electron chi connectivity index (χ0n) is 20.7. The van der Waals surface area contributed by atoms with Gasteiger partial charge in [0.15, 0.2) is 0 Å². The molecule has 0 bridgehead atoms. The molecular weight excluding hydrogens is 512 g/mol. The highest BCUT2D eigenvalue weighted by Gasteiger charge is 2.15. The van der Waals surface area contributed by atoms with Gasteiger partial charge in [-0.05, 0) is 58.8 Å². The fourth-order valence-electron chi connectivity index (χ4n) is 3.97. The molecule has 0 saturated carbocycles. The second-order valence-corrected chi connectivity index (χ2v) is 9.00. The lowest BCUT2D eigenvalue weighted by Gasteiger charge is -2.11. The van der Waals surface area contributed by atoms with Crippen molar-refractivity contribution in [1.29, 1.82) is 0 Å². The van der Waals surface area contributed by atoms with Gasteiger partial charge in [-0.2, -0.15) is 5.10 Å². The van der Waals surface area contributed by atoms with Crippen molar-refractivity contribution in [2.24, 2.45) is 5.10 Å². The Balaban J connectivity index is 1.35. The summed E-state index contributed by atoms with van der Waals surface area (Å²) in [5.41, 5.74) is 4.80. The van der Waals surface area contributed by atoms with Crippen molar-refractivity contribution < 1.29 is 19.1 Å². The van der Waals surface area contributed by atoms with Crippen molar-refractivity contribution in [3.8, 4) is 11.5 Å². The summed E-state index contributed by atoms with van der Waals surface area (Å²) in [5.74, 6) is -0.188. The maximum absolute atomic E-state index is 13.0. The van der Waals surface area contributed by atoms with Crippen molar-refractivity contribution in [3.63, 3.8) is 0 Å². The van der Waals surface area contributed by atoms with Gasteiger partial charge in [0.25, 0.3) is 5.91 Å². The molecule has 0 atom stereocenters. The number of fused-ring (bicyclic) bond motifs is 1. The summed E-state index contributed by atoms with van der Waals surface area (Å²) in [6, 6.07) is 34.2. The molecule has 5 aromatic carbocycles. The Labute approximate surface area is 230 Å². The number of ether oxygens (including phenoxy) is 2. The van der Waals surface area contributed by atoms with Gasteiger partial charge in [0, 0.05) is 10.6 Å². The fraction of sp³-hybridized carbons (Fsp3) is 0.0312. The highest BCUT2D eigenvalue weighted by Crippen LogP contribution is 2.27. The second-order valence-electron chi connectivity index (χ2n) is 8.56. The van der Waals surface area contributed by atoms with Crippen LogP contribution in [0, 0.1) is 0 Å². The monoisotopic (exact) mass is 534 g/mol. The molecule has 39 heavy (non-hydrogen) atoms. The van der Waals surface area contributed by atoms with Crippen LogP contribution in [0.5, 0.6) is 11.5 Å². The van der Waals surface area contributed by atoms with Crippen LogP contribution in [0.1, 0.15) is 31.8 Å². The molecule has 0 fully saturated rings. The molecule has 0 aliphatic carbocycles. The van der Waals surface area contributed by atoms with Crippen LogP contribution in [-0.4, -0.2) is 18.1 Å². The van der Waals surface area contributed by atoms with Crippen molar-refractivity contribution in [3.05, 3.63) is 143 Å². The first-order valence-corrected chi connectivity index (χ1v) is 12.5. The van der Waals surface area contributed by atoms with Crippen LogP contribution in [0.3, 0.4) is 0 Å². The number of nitrogens with zero attached hydrogens (tertiary/aromatic N) is 1. The summed E-state index contributed by atoms with van der Waals surface area (Å²) in [6.07, 6.45) is 1.48. The fourth-order valence-corrected chi connectivity index (χ4v) is 4.09. The number of rotatable bonds is 8. The van der Waals surface area contributed by atoms with Crippen LogP contribution < -0.4 is 14.9 Å². The molecular formula is C32H23ClN2O4. The Kier molecular flexibility index (Phi) is 7.95. The van der Waals surface area contributed by atoms with E-state index in [-0.39, 0.29) is 6.61 Å². The van der Waals surface area contributed by atoms with Crippen LogP contribution in [0.2, 0.25) is 5.02 Å². The Morgan fingerprint density at radius 2 is 1.49 bits per heavy atom. The zero-order valence-corrected chi connectivity index (χ0v) is 21.5. The maximum Gasteiger partial charge on any atom is 0.343 e. The lowest BCUT2D eigenvalue weighted by Crippen LogP contribution is -2.19. The topological polar surface area (TPSA) is 77.0 Å². The van der Waals surface area contributed by atoms with Gasteiger partial charge in [0.05, 0.1) is 17.3 Å². The number of hydrogen-bond acceptors (Lipinski definition) is 5. The number of benzene rings is 5. The summed E-state index contributed by atoms with van der Waals surface area (Å²) in [7, 11) is 0. The van der Waals surface area contributed by atoms with E-state index in [1.165, 1.54) is 6.21 Å². The maximum atomic E-state index is 13.0. The smallest absolute Gasteiger partial charge is 0.343 e. The van der Waals surface area contributed by atoms with E-state index in [0.717, 1.165) is 16.3 Å². The number of nitrogens with one attached hydrogen (secondary N) is 1. The molecule has 0 radical (unpaired) electrons. The molecule has 0 aliphatic rings. The average molecular weight is 535 g/mol. The van der Waals surface area contributed by atoms with E-state index in [0.29, 0.717) is 33.2 Å². The lowest BCUT2D eigenvalue weighted by molar-refractivity contribution is 0.0734. The minimum atomic E-state index is -0.490. The van der Waals surface area contributed by atoms with E-state index in [9.17, 15) is 9.59 Å². The number of para-hydroxylation sites is 1. The van der Waals surface area contributed by atoms with Crippen LogP contribution in [-0.2, 0) is 6.61 Å². The van der Waals surface area contributed by atoms with E-state index in [4.69, 9.17) is 21.1 Å². The van der Waals surface area contributed by atoms with E-state index >= 15 is 0 Å². The Hall–Kier alpha value is -4.94. The standard InChI is InChI=1S/C32H23ClN2O4/c33-25-17-14-22(15-18-25)21-38-29-13-7-6-12-27(29)31(36)35-34-20-28-26-11-5-4-8-23(26)16-19-30(28)39-32(37)24-9-2-1-3-10-24/h1-20H,21H2,(H,35,36)/b34-20+. The highest BCUT2D eigenvalue weighted by atomic mass is 35.5. The van der Waals surface area contributed by atoms with Crippen molar-refractivity contribution >= 4 is 40.5 Å². The van der Waals surface area contributed by atoms with Crippen LogP contribution in [0.4, 0.5) is 0 Å². The van der Waals surface area contributed by atoms with Crippen LogP contribution in [0.25, 0.3) is 10.8 Å². The van der Waals surface area contributed by atoms with E-state index < -0.39 is 11.9 Å². The van der Waals surface area contributed by atoms with E-state index in [1.54, 1.807) is 66.7 Å². The Morgan fingerprint density at radius 1 is 0.769 bits per heavy atom. The minimum Gasteiger partial charge on any atom is -0.488 e. The van der Waals surface area contributed by atoms with Gasteiger partial charge in [-0.1, -0.05) is 84.4 Å². The lowest BCUT2D eigenvalue weighted by atomic mass is 10.0. The Bertz CT molecular complexity index is 1650. The van der Waals surface area contributed by atoms with Crippen molar-refractivity contribution in [1.82, 2.24) is 5.43 Å². The normalized spacial score (nSPS) is 10.9. The van der Waals surface area contributed by atoms with Gasteiger partial charge < -0.3 is 9.47 Å². The minimum absolute atomic E-state index is 0.275. The Morgan fingerprint density at radius 3 is 2.31 bits per heavy atom.